The fraction of sp³-hybridized carbons (Fsp3) is 0.273. The van der Waals surface area contributed by atoms with Crippen molar-refractivity contribution in [2.24, 2.45) is 0 Å². The molecule has 1 aromatic rings. The molecular weight excluding hydrogens is 228 g/mol. The van der Waals surface area contributed by atoms with E-state index in [0.717, 1.165) is 0 Å². The first kappa shape index (κ1) is 12.6. The largest absolute Gasteiger partial charge is 0.478 e. The number of benzene rings is 1. The molecule has 16 heavy (non-hydrogen) atoms. The molecule has 86 valence electrons. The Bertz CT molecular complexity index is 417. The van der Waals surface area contributed by atoms with E-state index in [0.29, 0.717) is 16.9 Å². The molecule has 0 unspecified atom stereocenters. The highest BCUT2D eigenvalue weighted by molar-refractivity contribution is 7.81. The molecule has 0 saturated heterocycles. The van der Waals surface area contributed by atoms with E-state index in [2.05, 4.69) is 12.6 Å². The summed E-state index contributed by atoms with van der Waals surface area (Å²) in [5.74, 6) is -1.07. The summed E-state index contributed by atoms with van der Waals surface area (Å²) in [6, 6.07) is 2.94. The van der Waals surface area contributed by atoms with Crippen LogP contribution in [0.3, 0.4) is 0 Å². The molecule has 0 heterocycles. The fourth-order valence-electron chi connectivity index (χ4n) is 1.38. The van der Waals surface area contributed by atoms with Crippen LogP contribution < -0.4 is 4.74 Å². The summed E-state index contributed by atoms with van der Waals surface area (Å²) in [6.45, 7) is 3.39. The Morgan fingerprint density at radius 2 is 1.81 bits per heavy atom. The molecule has 0 saturated carbocycles. The number of hydrogen-bond donors (Lipinski definition) is 2. The summed E-state index contributed by atoms with van der Waals surface area (Å²) >= 11 is 3.80. The monoisotopic (exact) mass is 240 g/mol. The van der Waals surface area contributed by atoms with Gasteiger partial charge in [-0.25, -0.2) is 4.79 Å². The van der Waals surface area contributed by atoms with Gasteiger partial charge in [0.15, 0.2) is 0 Å². The summed E-state index contributed by atoms with van der Waals surface area (Å²) in [6.07, 6.45) is 0. The Morgan fingerprint density at radius 3 is 2.19 bits per heavy atom. The number of carboxylic acid groups (broad SMARTS) is 1. The van der Waals surface area contributed by atoms with Gasteiger partial charge in [-0.1, -0.05) is 0 Å². The van der Waals surface area contributed by atoms with Gasteiger partial charge in [0, 0.05) is 0 Å². The standard InChI is InChI=1S/C11H12O4S/c1-6-3-8(11(13)14)4-7(2)10(6)15-9(12)5-16/h3-4,16H,5H2,1-2H3,(H,13,14). The number of carbonyl (C=O) groups is 2. The topological polar surface area (TPSA) is 63.6 Å². The Kier molecular flexibility index (Phi) is 3.95. The Hall–Kier alpha value is -1.49. The molecule has 0 aliphatic heterocycles. The van der Waals surface area contributed by atoms with Gasteiger partial charge in [-0.3, -0.25) is 4.79 Å². The second kappa shape index (κ2) is 5.03. The lowest BCUT2D eigenvalue weighted by atomic mass is 10.1. The van der Waals surface area contributed by atoms with Crippen molar-refractivity contribution in [1.29, 1.82) is 0 Å². The number of hydrogen-bond acceptors (Lipinski definition) is 4. The van der Waals surface area contributed by atoms with Crippen molar-refractivity contribution in [3.63, 3.8) is 0 Å². The van der Waals surface area contributed by atoms with Gasteiger partial charge in [-0.2, -0.15) is 12.6 Å². The molecule has 1 aromatic carbocycles. The lowest BCUT2D eigenvalue weighted by molar-refractivity contribution is -0.131. The number of rotatable bonds is 3. The number of thiol groups is 1. The molecule has 0 radical (unpaired) electrons. The lowest BCUT2D eigenvalue weighted by Crippen LogP contribution is -2.11. The van der Waals surface area contributed by atoms with Crippen molar-refractivity contribution in [3.05, 3.63) is 28.8 Å². The van der Waals surface area contributed by atoms with Crippen molar-refractivity contribution in [2.45, 2.75) is 13.8 Å². The molecular formula is C11H12O4S. The van der Waals surface area contributed by atoms with Gasteiger partial charge in [0.25, 0.3) is 0 Å². The molecule has 0 amide bonds. The van der Waals surface area contributed by atoms with Crippen LogP contribution >= 0.6 is 12.6 Å². The van der Waals surface area contributed by atoms with E-state index in [-0.39, 0.29) is 11.3 Å². The van der Waals surface area contributed by atoms with Crippen LogP contribution in [-0.2, 0) is 4.79 Å². The molecule has 5 heteroatoms. The van der Waals surface area contributed by atoms with Crippen LogP contribution in [0.1, 0.15) is 21.5 Å². The Balaban J connectivity index is 3.12. The van der Waals surface area contributed by atoms with E-state index in [9.17, 15) is 9.59 Å². The zero-order valence-corrected chi connectivity index (χ0v) is 9.88. The number of ether oxygens (including phenoxy) is 1. The summed E-state index contributed by atoms with van der Waals surface area (Å²) < 4.78 is 5.05. The SMILES string of the molecule is Cc1cc(C(=O)O)cc(C)c1OC(=O)CS. The quantitative estimate of drug-likeness (QED) is 0.480. The number of aryl methyl sites for hydroxylation is 2. The molecule has 4 nitrogen and oxygen atoms in total. The van der Waals surface area contributed by atoms with Crippen LogP contribution in [0.4, 0.5) is 0 Å². The minimum atomic E-state index is -1.00. The molecule has 0 aromatic heterocycles. The van der Waals surface area contributed by atoms with Gasteiger partial charge in [-0.05, 0) is 37.1 Å². The average molecular weight is 240 g/mol. The minimum absolute atomic E-state index is 0.0143. The third-order valence-electron chi connectivity index (χ3n) is 2.05. The normalized spacial score (nSPS) is 9.94. The van der Waals surface area contributed by atoms with E-state index >= 15 is 0 Å². The van der Waals surface area contributed by atoms with Crippen molar-refractivity contribution >= 4 is 24.6 Å². The van der Waals surface area contributed by atoms with Gasteiger partial charge < -0.3 is 9.84 Å². The molecule has 0 bridgehead atoms. The highest BCUT2D eigenvalue weighted by Gasteiger charge is 2.12. The minimum Gasteiger partial charge on any atom is -0.478 e. The molecule has 1 N–H and O–H groups in total. The predicted octanol–water partition coefficient (Wildman–Crippen LogP) is 1.84. The summed E-state index contributed by atoms with van der Waals surface area (Å²) in [5, 5.41) is 8.83. The fourth-order valence-corrected chi connectivity index (χ4v) is 1.45. The van der Waals surface area contributed by atoms with Crippen LogP contribution in [0.15, 0.2) is 12.1 Å². The van der Waals surface area contributed by atoms with Gasteiger partial charge in [0.05, 0.1) is 11.3 Å². The first-order chi connectivity index (χ1) is 7.45. The van der Waals surface area contributed by atoms with Crippen molar-refractivity contribution < 1.29 is 19.4 Å². The molecule has 0 spiro atoms. The van der Waals surface area contributed by atoms with Crippen LogP contribution in [0.5, 0.6) is 5.75 Å². The van der Waals surface area contributed by atoms with E-state index in [1.165, 1.54) is 12.1 Å². The molecule has 0 atom stereocenters. The summed E-state index contributed by atoms with van der Waals surface area (Å²) in [7, 11) is 0. The van der Waals surface area contributed by atoms with Crippen molar-refractivity contribution in [3.8, 4) is 5.75 Å². The second-order valence-corrected chi connectivity index (χ2v) is 3.69. The van der Waals surface area contributed by atoms with Crippen LogP contribution in [-0.4, -0.2) is 22.8 Å². The van der Waals surface area contributed by atoms with E-state index in [1.54, 1.807) is 13.8 Å². The van der Waals surface area contributed by atoms with Crippen molar-refractivity contribution in [2.75, 3.05) is 5.75 Å². The smallest absolute Gasteiger partial charge is 0.335 e. The first-order valence-electron chi connectivity index (χ1n) is 4.61. The number of esters is 1. The van der Waals surface area contributed by atoms with E-state index in [4.69, 9.17) is 9.84 Å². The maximum Gasteiger partial charge on any atom is 0.335 e. The second-order valence-electron chi connectivity index (χ2n) is 3.38. The van der Waals surface area contributed by atoms with Gasteiger partial charge >= 0.3 is 11.9 Å². The molecule has 0 aliphatic rings. The van der Waals surface area contributed by atoms with Gasteiger partial charge in [0.2, 0.25) is 0 Å². The maximum atomic E-state index is 11.1. The van der Waals surface area contributed by atoms with Crippen LogP contribution in [0.2, 0.25) is 0 Å². The average Bonchev–Trinajstić information content (AvgIpc) is 2.22. The summed E-state index contributed by atoms with van der Waals surface area (Å²) in [4.78, 5) is 21.9. The first-order valence-corrected chi connectivity index (χ1v) is 5.25. The Labute approximate surface area is 98.6 Å². The number of carbonyl (C=O) groups excluding carboxylic acids is 1. The zero-order chi connectivity index (χ0) is 12.3. The third kappa shape index (κ3) is 2.76. The van der Waals surface area contributed by atoms with Gasteiger partial charge in [-0.15, -0.1) is 0 Å². The highest BCUT2D eigenvalue weighted by Crippen LogP contribution is 2.25. The molecule has 0 fully saturated rings. The van der Waals surface area contributed by atoms with E-state index in [1.807, 2.05) is 0 Å². The van der Waals surface area contributed by atoms with Crippen LogP contribution in [0.25, 0.3) is 0 Å². The van der Waals surface area contributed by atoms with Gasteiger partial charge in [0.1, 0.15) is 5.75 Å². The maximum absolute atomic E-state index is 11.1. The summed E-state index contributed by atoms with van der Waals surface area (Å²) in [5.41, 5.74) is 1.42. The van der Waals surface area contributed by atoms with Crippen molar-refractivity contribution in [1.82, 2.24) is 0 Å². The number of aromatic carboxylic acids is 1. The van der Waals surface area contributed by atoms with E-state index < -0.39 is 11.9 Å². The zero-order valence-electron chi connectivity index (χ0n) is 8.98. The lowest BCUT2D eigenvalue weighted by Gasteiger charge is -2.10. The highest BCUT2D eigenvalue weighted by atomic mass is 32.1. The third-order valence-corrected chi connectivity index (χ3v) is 2.31. The molecule has 1 rings (SSSR count). The molecule has 0 aliphatic carbocycles. The predicted molar refractivity (Wildman–Crippen MR) is 62.4 cm³/mol. The van der Waals surface area contributed by atoms with Crippen LogP contribution in [0, 0.1) is 13.8 Å². The Morgan fingerprint density at radius 1 is 1.31 bits per heavy atom. The number of carboxylic acids is 1.